The zero-order chi connectivity index (χ0) is 11.1. The lowest BCUT2D eigenvalue weighted by molar-refractivity contribution is 0.0958. The van der Waals surface area contributed by atoms with Crippen LogP contribution in [0.25, 0.3) is 0 Å². The van der Waals surface area contributed by atoms with Crippen molar-refractivity contribution < 1.29 is 4.79 Å². The molecule has 4 nitrogen and oxygen atoms in total. The molecular weight excluding hydrogens is 210 g/mol. The monoisotopic (exact) mass is 227 g/mol. The predicted octanol–water partition coefficient (Wildman–Crippen LogP) is 1.13. The first-order valence-electron chi connectivity index (χ1n) is 5.04. The van der Waals surface area contributed by atoms with E-state index in [1.807, 2.05) is 26.1 Å². The molecule has 0 aromatic carbocycles. The van der Waals surface area contributed by atoms with Crippen molar-refractivity contribution in [1.82, 2.24) is 10.6 Å². The number of likely N-dealkylation sites (N-methyl/N-ethyl adjacent to an activating group) is 1. The second-order valence-corrected chi connectivity index (χ2v) is 4.11. The molecule has 1 aromatic heterocycles. The van der Waals surface area contributed by atoms with E-state index in [0.29, 0.717) is 6.54 Å². The van der Waals surface area contributed by atoms with Crippen LogP contribution in [0.15, 0.2) is 12.1 Å². The number of anilines is 1. The van der Waals surface area contributed by atoms with Gasteiger partial charge in [-0.25, -0.2) is 0 Å². The van der Waals surface area contributed by atoms with E-state index in [1.165, 1.54) is 11.3 Å². The molecular formula is C10H17N3OS. The highest BCUT2D eigenvalue weighted by Gasteiger charge is 2.07. The normalized spacial score (nSPS) is 10.0. The summed E-state index contributed by atoms with van der Waals surface area (Å²) >= 11 is 1.46. The predicted molar refractivity (Wildman–Crippen MR) is 64.7 cm³/mol. The first kappa shape index (κ1) is 12.0. The first-order valence-corrected chi connectivity index (χ1v) is 5.86. The Morgan fingerprint density at radius 2 is 2.20 bits per heavy atom. The first-order chi connectivity index (χ1) is 7.27. The zero-order valence-corrected chi connectivity index (χ0v) is 9.91. The molecule has 3 N–H and O–H groups in total. The average molecular weight is 227 g/mol. The Hall–Kier alpha value is -1.07. The van der Waals surface area contributed by atoms with E-state index in [9.17, 15) is 4.79 Å². The summed E-state index contributed by atoms with van der Waals surface area (Å²) in [5.74, 6) is -0.000553. The smallest absolute Gasteiger partial charge is 0.261 e. The molecule has 1 rings (SSSR count). The Morgan fingerprint density at radius 3 is 2.80 bits per heavy atom. The van der Waals surface area contributed by atoms with Gasteiger partial charge >= 0.3 is 0 Å². The summed E-state index contributed by atoms with van der Waals surface area (Å²) in [6.45, 7) is 4.45. The molecule has 0 aliphatic rings. The van der Waals surface area contributed by atoms with Gasteiger partial charge in [0.25, 0.3) is 5.91 Å². The Balaban J connectivity index is 2.33. The summed E-state index contributed by atoms with van der Waals surface area (Å²) in [5, 5.41) is 10.0. The lowest BCUT2D eigenvalue weighted by Crippen LogP contribution is -2.31. The van der Waals surface area contributed by atoms with Gasteiger partial charge in [-0.05, 0) is 18.7 Å². The average Bonchev–Trinajstić information content (AvgIpc) is 2.72. The highest BCUT2D eigenvalue weighted by Crippen LogP contribution is 2.20. The molecule has 0 atom stereocenters. The summed E-state index contributed by atoms with van der Waals surface area (Å²) in [7, 11) is 1.85. The van der Waals surface area contributed by atoms with Crippen molar-refractivity contribution in [3.8, 4) is 0 Å². The third-order valence-electron chi connectivity index (χ3n) is 1.91. The van der Waals surface area contributed by atoms with Crippen LogP contribution in [0.1, 0.15) is 16.6 Å². The molecule has 1 heterocycles. The van der Waals surface area contributed by atoms with Crippen molar-refractivity contribution in [2.45, 2.75) is 6.92 Å². The minimum Gasteiger partial charge on any atom is -0.380 e. The van der Waals surface area contributed by atoms with E-state index in [2.05, 4.69) is 16.0 Å². The summed E-state index contributed by atoms with van der Waals surface area (Å²) in [4.78, 5) is 12.3. The molecule has 0 fully saturated rings. The fraction of sp³-hybridized carbons (Fsp3) is 0.500. The molecule has 0 saturated carbocycles. The summed E-state index contributed by atoms with van der Waals surface area (Å²) in [6, 6.07) is 3.74. The molecule has 5 heteroatoms. The van der Waals surface area contributed by atoms with E-state index in [1.54, 1.807) is 0 Å². The third kappa shape index (κ3) is 3.89. The Kier molecular flexibility index (Phi) is 5.14. The van der Waals surface area contributed by atoms with Crippen LogP contribution in [0.2, 0.25) is 0 Å². The number of nitrogens with one attached hydrogen (secondary N) is 3. The van der Waals surface area contributed by atoms with Gasteiger partial charge in [0.15, 0.2) is 0 Å². The quantitative estimate of drug-likeness (QED) is 0.639. The Morgan fingerprint density at radius 1 is 1.40 bits per heavy atom. The van der Waals surface area contributed by atoms with E-state index < -0.39 is 0 Å². The van der Waals surface area contributed by atoms with Gasteiger partial charge in [0.2, 0.25) is 0 Å². The van der Waals surface area contributed by atoms with Crippen LogP contribution in [0.4, 0.5) is 5.00 Å². The summed E-state index contributed by atoms with van der Waals surface area (Å²) in [6.07, 6.45) is 0. The fourth-order valence-corrected chi connectivity index (χ4v) is 1.90. The molecule has 0 bridgehead atoms. The van der Waals surface area contributed by atoms with Crippen LogP contribution in [0.3, 0.4) is 0 Å². The van der Waals surface area contributed by atoms with Crippen LogP contribution in [-0.4, -0.2) is 32.6 Å². The molecule has 0 saturated heterocycles. The van der Waals surface area contributed by atoms with Crippen molar-refractivity contribution in [3.05, 3.63) is 17.0 Å². The van der Waals surface area contributed by atoms with E-state index in [-0.39, 0.29) is 5.91 Å². The van der Waals surface area contributed by atoms with Gasteiger partial charge in [-0.1, -0.05) is 6.92 Å². The van der Waals surface area contributed by atoms with E-state index in [0.717, 1.165) is 23.0 Å². The van der Waals surface area contributed by atoms with Crippen LogP contribution >= 0.6 is 11.3 Å². The highest BCUT2D eigenvalue weighted by atomic mass is 32.1. The molecule has 84 valence electrons. The lowest BCUT2D eigenvalue weighted by Gasteiger charge is -2.03. The maximum Gasteiger partial charge on any atom is 0.261 e. The highest BCUT2D eigenvalue weighted by molar-refractivity contribution is 7.17. The second kappa shape index (κ2) is 6.42. The number of carbonyl (C=O) groups excluding carboxylic acids is 1. The lowest BCUT2D eigenvalue weighted by atomic mass is 10.4. The number of carbonyl (C=O) groups is 1. The number of thiophene rings is 1. The molecule has 0 aliphatic carbocycles. The van der Waals surface area contributed by atoms with Crippen LogP contribution in [0.5, 0.6) is 0 Å². The number of rotatable bonds is 6. The van der Waals surface area contributed by atoms with Crippen molar-refractivity contribution in [1.29, 1.82) is 0 Å². The van der Waals surface area contributed by atoms with Crippen molar-refractivity contribution in [2.24, 2.45) is 0 Å². The van der Waals surface area contributed by atoms with Gasteiger partial charge in [0, 0.05) is 20.1 Å². The SMILES string of the molecule is CCNCCNC(=O)c1ccc(NC)s1. The Bertz CT molecular complexity index is 311. The van der Waals surface area contributed by atoms with Crippen LogP contribution < -0.4 is 16.0 Å². The second-order valence-electron chi connectivity index (χ2n) is 3.02. The van der Waals surface area contributed by atoms with Crippen molar-refractivity contribution in [2.75, 3.05) is 32.0 Å². The number of hydrogen-bond donors (Lipinski definition) is 3. The fourth-order valence-electron chi connectivity index (χ4n) is 1.12. The standard InChI is InChI=1S/C10H17N3OS/c1-3-12-6-7-13-10(14)8-4-5-9(11-2)15-8/h4-5,11-12H,3,6-7H2,1-2H3,(H,13,14). The third-order valence-corrected chi connectivity index (χ3v) is 3.02. The maximum atomic E-state index is 11.6. The zero-order valence-electron chi connectivity index (χ0n) is 9.09. The molecule has 1 aromatic rings. The van der Waals surface area contributed by atoms with Gasteiger partial charge in [-0.2, -0.15) is 0 Å². The van der Waals surface area contributed by atoms with Crippen LogP contribution in [-0.2, 0) is 0 Å². The Labute approximate surface area is 94.1 Å². The largest absolute Gasteiger partial charge is 0.380 e. The molecule has 1 amide bonds. The van der Waals surface area contributed by atoms with E-state index in [4.69, 9.17) is 0 Å². The molecule has 15 heavy (non-hydrogen) atoms. The van der Waals surface area contributed by atoms with Gasteiger partial charge < -0.3 is 16.0 Å². The van der Waals surface area contributed by atoms with Gasteiger partial charge in [0.1, 0.15) is 0 Å². The van der Waals surface area contributed by atoms with Gasteiger partial charge in [-0.15, -0.1) is 11.3 Å². The summed E-state index contributed by atoms with van der Waals surface area (Å²) in [5.41, 5.74) is 0. The van der Waals surface area contributed by atoms with Crippen molar-refractivity contribution >= 4 is 22.2 Å². The topological polar surface area (TPSA) is 53.2 Å². The molecule has 0 aliphatic heterocycles. The van der Waals surface area contributed by atoms with Gasteiger partial charge in [-0.3, -0.25) is 4.79 Å². The molecule has 0 radical (unpaired) electrons. The number of amides is 1. The van der Waals surface area contributed by atoms with E-state index >= 15 is 0 Å². The maximum absolute atomic E-state index is 11.6. The molecule has 0 spiro atoms. The van der Waals surface area contributed by atoms with Crippen LogP contribution in [0, 0.1) is 0 Å². The summed E-state index contributed by atoms with van der Waals surface area (Å²) < 4.78 is 0. The molecule has 0 unspecified atom stereocenters. The van der Waals surface area contributed by atoms with Crippen molar-refractivity contribution in [3.63, 3.8) is 0 Å². The number of hydrogen-bond acceptors (Lipinski definition) is 4. The minimum absolute atomic E-state index is 0.000553. The minimum atomic E-state index is -0.000553. The van der Waals surface area contributed by atoms with Gasteiger partial charge in [0.05, 0.1) is 9.88 Å².